The lowest BCUT2D eigenvalue weighted by molar-refractivity contribution is 0.620. The number of nitrogens with zero attached hydrogens (tertiary/aromatic N) is 2. The second-order valence-corrected chi connectivity index (χ2v) is 6.67. The predicted molar refractivity (Wildman–Crippen MR) is 80.1 cm³/mol. The van der Waals surface area contributed by atoms with Gasteiger partial charge in [0.1, 0.15) is 5.82 Å². The minimum atomic E-state index is -0.289. The lowest BCUT2D eigenvalue weighted by Crippen LogP contribution is -2.36. The molecule has 3 rings (SSSR count). The van der Waals surface area contributed by atoms with Crippen LogP contribution in [-0.2, 0) is 0 Å². The smallest absolute Gasteiger partial charge is 0.196 e. The van der Waals surface area contributed by atoms with E-state index in [0.717, 1.165) is 8.66 Å². The number of thiophene rings is 1. The largest absolute Gasteiger partial charge is 0.369 e. The zero-order valence-electron chi connectivity index (χ0n) is 9.88. The Morgan fingerprint density at radius 1 is 1.32 bits per heavy atom. The van der Waals surface area contributed by atoms with E-state index >= 15 is 0 Å². The first-order valence-electron chi connectivity index (χ1n) is 5.76. The number of anilines is 1. The molecule has 0 aliphatic carbocycles. The molecular weight excluding hydrogens is 329 g/mol. The van der Waals surface area contributed by atoms with Gasteiger partial charge in [0.05, 0.1) is 22.1 Å². The van der Waals surface area contributed by atoms with Crippen LogP contribution < -0.4 is 10.6 Å². The summed E-state index contributed by atoms with van der Waals surface area (Å²) in [6.07, 6.45) is 0. The van der Waals surface area contributed by atoms with Crippen LogP contribution >= 0.6 is 27.3 Å². The minimum Gasteiger partial charge on any atom is -0.369 e. The molecule has 98 valence electrons. The molecule has 1 aliphatic heterocycles. The summed E-state index contributed by atoms with van der Waals surface area (Å²) in [6.45, 7) is 0.549. The fourth-order valence-electron chi connectivity index (χ4n) is 2.16. The Morgan fingerprint density at radius 3 is 2.79 bits per heavy atom. The first kappa shape index (κ1) is 12.6. The van der Waals surface area contributed by atoms with Gasteiger partial charge in [0.2, 0.25) is 0 Å². The summed E-state index contributed by atoms with van der Waals surface area (Å²) in [5, 5.41) is 0. The molecule has 2 N–H and O–H groups in total. The van der Waals surface area contributed by atoms with Gasteiger partial charge in [-0.15, -0.1) is 11.3 Å². The molecule has 0 fully saturated rings. The molecule has 6 heteroatoms. The van der Waals surface area contributed by atoms with Crippen LogP contribution in [0.5, 0.6) is 0 Å². The molecule has 1 aromatic carbocycles. The van der Waals surface area contributed by atoms with Crippen molar-refractivity contribution in [2.24, 2.45) is 10.7 Å². The van der Waals surface area contributed by atoms with Crippen LogP contribution in [0.15, 0.2) is 45.2 Å². The third-order valence-electron chi connectivity index (χ3n) is 3.02. The Balaban J connectivity index is 2.02. The van der Waals surface area contributed by atoms with Crippen molar-refractivity contribution < 1.29 is 4.39 Å². The van der Waals surface area contributed by atoms with Crippen LogP contribution in [0.1, 0.15) is 10.9 Å². The fourth-order valence-corrected chi connectivity index (χ4v) is 3.67. The van der Waals surface area contributed by atoms with Gasteiger partial charge >= 0.3 is 0 Å². The molecule has 3 nitrogen and oxygen atoms in total. The minimum absolute atomic E-state index is 0.0341. The Bertz CT molecular complexity index is 640. The molecule has 0 amide bonds. The second-order valence-electron chi connectivity index (χ2n) is 4.18. The molecule has 0 radical (unpaired) electrons. The summed E-state index contributed by atoms with van der Waals surface area (Å²) >= 11 is 5.06. The highest BCUT2D eigenvalue weighted by Crippen LogP contribution is 2.36. The Morgan fingerprint density at radius 2 is 2.11 bits per heavy atom. The van der Waals surface area contributed by atoms with Gasteiger partial charge in [0.25, 0.3) is 0 Å². The molecule has 0 spiro atoms. The van der Waals surface area contributed by atoms with E-state index in [1.54, 1.807) is 34.4 Å². The van der Waals surface area contributed by atoms with Crippen LogP contribution in [0.2, 0.25) is 0 Å². The molecule has 2 aromatic rings. The molecule has 0 saturated carbocycles. The average Bonchev–Trinajstić information content (AvgIpc) is 2.96. The normalized spacial score (nSPS) is 18.7. The quantitative estimate of drug-likeness (QED) is 0.909. The van der Waals surface area contributed by atoms with Crippen molar-refractivity contribution in [3.05, 3.63) is 50.9 Å². The lowest BCUT2D eigenvalue weighted by atomic mass is 10.2. The van der Waals surface area contributed by atoms with Gasteiger partial charge in [-0.3, -0.25) is 9.89 Å². The Hall–Kier alpha value is -1.40. The lowest BCUT2D eigenvalue weighted by Gasteiger charge is -2.25. The molecule has 19 heavy (non-hydrogen) atoms. The van der Waals surface area contributed by atoms with Gasteiger partial charge in [-0.1, -0.05) is 12.1 Å². The van der Waals surface area contributed by atoms with Gasteiger partial charge in [-0.2, -0.15) is 0 Å². The van der Waals surface area contributed by atoms with E-state index in [0.29, 0.717) is 18.2 Å². The van der Waals surface area contributed by atoms with Crippen molar-refractivity contribution in [1.82, 2.24) is 0 Å². The van der Waals surface area contributed by atoms with Crippen molar-refractivity contribution in [3.8, 4) is 0 Å². The molecule has 0 saturated heterocycles. The maximum atomic E-state index is 14.0. The van der Waals surface area contributed by atoms with E-state index < -0.39 is 0 Å². The van der Waals surface area contributed by atoms with Crippen molar-refractivity contribution in [3.63, 3.8) is 0 Å². The number of rotatable bonds is 2. The maximum absolute atomic E-state index is 14.0. The molecular formula is C13H11BrFN3S. The van der Waals surface area contributed by atoms with Gasteiger partial charge in [-0.05, 0) is 40.2 Å². The van der Waals surface area contributed by atoms with Gasteiger partial charge in [0, 0.05) is 4.88 Å². The number of hydrogen-bond donors (Lipinski definition) is 1. The number of halogens is 2. The summed E-state index contributed by atoms with van der Waals surface area (Å²) in [5.74, 6) is 0.0720. The number of nitrogens with two attached hydrogens (primary N) is 1. The van der Waals surface area contributed by atoms with E-state index in [1.165, 1.54) is 6.07 Å². The molecule has 0 bridgehead atoms. The van der Waals surface area contributed by atoms with E-state index in [-0.39, 0.29) is 11.9 Å². The Labute approximate surface area is 122 Å². The highest BCUT2D eigenvalue weighted by Gasteiger charge is 2.31. The van der Waals surface area contributed by atoms with Gasteiger partial charge in [0.15, 0.2) is 5.96 Å². The average molecular weight is 340 g/mol. The third-order valence-corrected chi connectivity index (χ3v) is 4.74. The first-order chi connectivity index (χ1) is 9.16. The maximum Gasteiger partial charge on any atom is 0.196 e. The summed E-state index contributed by atoms with van der Waals surface area (Å²) in [5.41, 5.74) is 6.38. The van der Waals surface area contributed by atoms with Crippen molar-refractivity contribution in [1.29, 1.82) is 0 Å². The highest BCUT2D eigenvalue weighted by molar-refractivity contribution is 9.11. The van der Waals surface area contributed by atoms with Gasteiger partial charge in [-0.25, -0.2) is 4.39 Å². The van der Waals surface area contributed by atoms with Crippen LogP contribution in [0, 0.1) is 5.82 Å². The number of benzene rings is 1. The zero-order chi connectivity index (χ0) is 13.4. The number of guanidine groups is 1. The first-order valence-corrected chi connectivity index (χ1v) is 7.36. The van der Waals surface area contributed by atoms with Crippen molar-refractivity contribution in [2.75, 3.05) is 11.4 Å². The Kier molecular flexibility index (Phi) is 3.28. The number of aliphatic imine (C=N–C) groups is 1. The van der Waals surface area contributed by atoms with Crippen molar-refractivity contribution in [2.45, 2.75) is 6.04 Å². The summed E-state index contributed by atoms with van der Waals surface area (Å²) in [7, 11) is 0. The standard InChI is InChI=1S/C13H11BrFN3S/c14-12-6-5-11(19-12)10-7-17-13(16)18(10)9-4-2-1-3-8(9)15/h1-6,10H,7H2,(H2,16,17). The molecule has 2 heterocycles. The van der Waals surface area contributed by atoms with E-state index in [2.05, 4.69) is 20.9 Å². The number of para-hydroxylation sites is 1. The summed E-state index contributed by atoms with van der Waals surface area (Å²) in [4.78, 5) is 7.12. The van der Waals surface area contributed by atoms with Crippen LogP contribution in [0.4, 0.5) is 10.1 Å². The molecule has 1 aliphatic rings. The van der Waals surface area contributed by atoms with Crippen LogP contribution in [-0.4, -0.2) is 12.5 Å². The highest BCUT2D eigenvalue weighted by atomic mass is 79.9. The predicted octanol–water partition coefficient (Wildman–Crippen LogP) is 3.53. The third kappa shape index (κ3) is 2.26. The van der Waals surface area contributed by atoms with Gasteiger partial charge < -0.3 is 5.73 Å². The van der Waals surface area contributed by atoms with Crippen LogP contribution in [0.3, 0.4) is 0 Å². The monoisotopic (exact) mass is 339 g/mol. The fraction of sp³-hybridized carbons (Fsp3) is 0.154. The summed E-state index contributed by atoms with van der Waals surface area (Å²) < 4.78 is 15.0. The van der Waals surface area contributed by atoms with E-state index in [1.807, 2.05) is 12.1 Å². The zero-order valence-corrected chi connectivity index (χ0v) is 12.3. The SMILES string of the molecule is NC1=NCC(c2ccc(Br)s2)N1c1ccccc1F. The second kappa shape index (κ2) is 4.94. The van der Waals surface area contributed by atoms with E-state index in [9.17, 15) is 4.39 Å². The topological polar surface area (TPSA) is 41.6 Å². The molecule has 1 aromatic heterocycles. The van der Waals surface area contributed by atoms with Crippen molar-refractivity contribution >= 4 is 38.9 Å². The molecule has 1 unspecified atom stereocenters. The van der Waals surface area contributed by atoms with E-state index in [4.69, 9.17) is 5.73 Å². The number of hydrogen-bond acceptors (Lipinski definition) is 4. The molecule has 1 atom stereocenters. The van der Waals surface area contributed by atoms with Crippen LogP contribution in [0.25, 0.3) is 0 Å². The summed E-state index contributed by atoms with van der Waals surface area (Å²) in [6, 6.07) is 10.6.